The first-order chi connectivity index (χ1) is 13.1. The standard InChI is InChI=1S/C19H31N3O6/c1-4-19-8-14-7-17(3,11-18(12-19,5-6-20)9-15(14)19)13(2)16(28-22(25)26)10-27-21(23)24/h7,13,15-16H,4-6,8-12,20H2,1-3H3. The second-order valence-electron chi connectivity index (χ2n) is 9.44. The largest absolute Gasteiger partial charge is 0.330 e. The van der Waals surface area contributed by atoms with E-state index in [4.69, 9.17) is 10.6 Å². The van der Waals surface area contributed by atoms with Gasteiger partial charge in [0.1, 0.15) is 12.7 Å². The lowest BCUT2D eigenvalue weighted by molar-refractivity contribution is -0.792. The fraction of sp³-hybridized carbons (Fsp3) is 0.895. The van der Waals surface area contributed by atoms with E-state index < -0.39 is 22.9 Å². The van der Waals surface area contributed by atoms with Crippen molar-refractivity contribution >= 4 is 0 Å². The number of hydrogen-bond donors (Lipinski definition) is 1. The van der Waals surface area contributed by atoms with E-state index in [-0.39, 0.29) is 16.7 Å². The summed E-state index contributed by atoms with van der Waals surface area (Å²) in [4.78, 5) is 30.9. The normalized spacial score (nSPS) is 37.9. The van der Waals surface area contributed by atoms with Crippen LogP contribution in [0.4, 0.5) is 0 Å². The maximum Gasteiger partial charge on any atom is 0.294 e. The summed E-state index contributed by atoms with van der Waals surface area (Å²) < 4.78 is 0. The molecule has 28 heavy (non-hydrogen) atoms. The SMILES string of the molecule is CCC12CC3=CC(C)(C(C)C(CO[N+](=O)[O-])O[N+](=O)[O-])CC(CCN)(CC31)C2. The van der Waals surface area contributed by atoms with Crippen LogP contribution in [-0.4, -0.2) is 29.4 Å². The van der Waals surface area contributed by atoms with E-state index in [1.165, 1.54) is 5.57 Å². The Morgan fingerprint density at radius 3 is 2.61 bits per heavy atom. The average Bonchev–Trinajstić information content (AvgIpc) is 2.78. The van der Waals surface area contributed by atoms with Crippen molar-refractivity contribution in [1.29, 1.82) is 0 Å². The van der Waals surface area contributed by atoms with Gasteiger partial charge in [-0.1, -0.05) is 32.4 Å². The van der Waals surface area contributed by atoms with Gasteiger partial charge < -0.3 is 15.4 Å². The quantitative estimate of drug-likeness (QED) is 0.340. The molecule has 0 aromatic heterocycles. The van der Waals surface area contributed by atoms with E-state index in [0.717, 1.165) is 38.5 Å². The Morgan fingerprint density at radius 1 is 1.32 bits per heavy atom. The van der Waals surface area contributed by atoms with Crippen molar-refractivity contribution in [3.8, 4) is 0 Å². The van der Waals surface area contributed by atoms with Crippen molar-refractivity contribution in [3.05, 3.63) is 31.9 Å². The van der Waals surface area contributed by atoms with Crippen LogP contribution in [0.15, 0.2) is 11.6 Å². The predicted octanol–water partition coefficient (Wildman–Crippen LogP) is 3.29. The summed E-state index contributed by atoms with van der Waals surface area (Å²) in [5.41, 5.74) is 7.53. The number of hydrogen-bond acceptors (Lipinski definition) is 7. The van der Waals surface area contributed by atoms with E-state index in [2.05, 4.69) is 24.8 Å². The average molecular weight is 397 g/mol. The topological polar surface area (TPSA) is 131 Å². The Kier molecular flexibility index (Phi) is 5.33. The van der Waals surface area contributed by atoms with Gasteiger partial charge in [0.15, 0.2) is 0 Å². The molecule has 3 rings (SSSR count). The Hall–Kier alpha value is -1.90. The van der Waals surface area contributed by atoms with Crippen LogP contribution < -0.4 is 5.73 Å². The van der Waals surface area contributed by atoms with Gasteiger partial charge in [0.25, 0.3) is 10.2 Å². The molecule has 2 saturated carbocycles. The first-order valence-electron chi connectivity index (χ1n) is 10.1. The molecule has 0 aromatic carbocycles. The van der Waals surface area contributed by atoms with E-state index in [9.17, 15) is 20.2 Å². The maximum absolute atomic E-state index is 11.0. The van der Waals surface area contributed by atoms with Gasteiger partial charge >= 0.3 is 0 Å². The van der Waals surface area contributed by atoms with Gasteiger partial charge in [0, 0.05) is 0 Å². The van der Waals surface area contributed by atoms with Crippen molar-refractivity contribution in [1.82, 2.24) is 0 Å². The fourth-order valence-corrected chi connectivity index (χ4v) is 6.58. The maximum atomic E-state index is 11.0. The lowest BCUT2D eigenvalue weighted by atomic mass is 9.53. The molecule has 0 amide bonds. The van der Waals surface area contributed by atoms with Crippen LogP contribution >= 0.6 is 0 Å². The molecule has 3 aliphatic carbocycles. The molecule has 2 bridgehead atoms. The van der Waals surface area contributed by atoms with Gasteiger partial charge in [-0.2, -0.15) is 0 Å². The molecule has 158 valence electrons. The molecule has 0 aliphatic heterocycles. The first kappa shape index (κ1) is 20.8. The van der Waals surface area contributed by atoms with Crippen molar-refractivity contribution in [2.45, 2.75) is 65.4 Å². The highest BCUT2D eigenvalue weighted by molar-refractivity contribution is 5.34. The Labute approximate surface area is 164 Å². The lowest BCUT2D eigenvalue weighted by Crippen LogP contribution is -2.45. The highest BCUT2D eigenvalue weighted by atomic mass is 17.0. The lowest BCUT2D eigenvalue weighted by Gasteiger charge is -2.52. The van der Waals surface area contributed by atoms with E-state index in [0.29, 0.717) is 17.9 Å². The molecule has 6 atom stereocenters. The number of rotatable bonds is 10. The Morgan fingerprint density at radius 2 is 2.04 bits per heavy atom. The van der Waals surface area contributed by atoms with Crippen molar-refractivity contribution in [3.63, 3.8) is 0 Å². The van der Waals surface area contributed by atoms with Gasteiger partial charge in [-0.15, -0.1) is 20.2 Å². The van der Waals surface area contributed by atoms with Crippen molar-refractivity contribution in [2.75, 3.05) is 13.2 Å². The monoisotopic (exact) mass is 397 g/mol. The minimum Gasteiger partial charge on any atom is -0.330 e. The fourth-order valence-electron chi connectivity index (χ4n) is 6.58. The van der Waals surface area contributed by atoms with E-state index >= 15 is 0 Å². The van der Waals surface area contributed by atoms with Gasteiger partial charge in [-0.05, 0) is 73.2 Å². The third-order valence-corrected chi connectivity index (χ3v) is 7.92. The summed E-state index contributed by atoms with van der Waals surface area (Å²) in [6.45, 7) is 6.39. The third-order valence-electron chi connectivity index (χ3n) is 7.92. The van der Waals surface area contributed by atoms with Crippen LogP contribution in [0.3, 0.4) is 0 Å². The van der Waals surface area contributed by atoms with Gasteiger partial charge in [-0.25, -0.2) is 0 Å². The van der Waals surface area contributed by atoms with Gasteiger partial charge in [-0.3, -0.25) is 0 Å². The molecule has 0 aromatic rings. The highest BCUT2D eigenvalue weighted by Crippen LogP contribution is 2.73. The van der Waals surface area contributed by atoms with Gasteiger partial charge in [0.05, 0.1) is 0 Å². The number of allylic oxidation sites excluding steroid dienone is 2. The predicted molar refractivity (Wildman–Crippen MR) is 101 cm³/mol. The van der Waals surface area contributed by atoms with Crippen molar-refractivity contribution < 1.29 is 19.8 Å². The molecule has 0 saturated heterocycles. The number of fused-ring (bicyclic) bond motifs is 1. The molecule has 0 spiro atoms. The summed E-state index contributed by atoms with van der Waals surface area (Å²) in [5, 5.41) is 19.8. The zero-order valence-electron chi connectivity index (χ0n) is 16.9. The number of nitrogens with two attached hydrogens (primary N) is 1. The molecule has 6 unspecified atom stereocenters. The van der Waals surface area contributed by atoms with E-state index in [1.807, 2.05) is 6.92 Å². The molecule has 3 aliphatic rings. The van der Waals surface area contributed by atoms with Crippen LogP contribution in [0.25, 0.3) is 0 Å². The van der Waals surface area contributed by atoms with Crippen LogP contribution in [0, 0.1) is 48.3 Å². The molecule has 9 heteroatoms. The highest BCUT2D eigenvalue weighted by Gasteiger charge is 2.63. The summed E-state index contributed by atoms with van der Waals surface area (Å²) in [5.74, 6) is 0.249. The summed E-state index contributed by atoms with van der Waals surface area (Å²) >= 11 is 0. The first-order valence-corrected chi connectivity index (χ1v) is 10.1. The summed E-state index contributed by atoms with van der Waals surface area (Å²) in [7, 11) is 0. The molecule has 2 N–H and O–H groups in total. The Bertz CT molecular complexity index is 685. The second-order valence-corrected chi connectivity index (χ2v) is 9.44. The zero-order valence-corrected chi connectivity index (χ0v) is 16.9. The second kappa shape index (κ2) is 7.17. The molecule has 9 nitrogen and oxygen atoms in total. The third kappa shape index (κ3) is 3.44. The minimum absolute atomic E-state index is 0.107. The Balaban J connectivity index is 1.90. The molecule has 0 radical (unpaired) electrons. The minimum atomic E-state index is -1.01. The molecular formula is C19H31N3O6. The van der Waals surface area contributed by atoms with Crippen LogP contribution in [0.1, 0.15) is 59.3 Å². The number of nitrogens with zero attached hydrogens (tertiary/aromatic N) is 2. The summed E-state index contributed by atoms with van der Waals surface area (Å²) in [6, 6.07) is 0. The van der Waals surface area contributed by atoms with E-state index in [1.54, 1.807) is 0 Å². The molecule has 2 fully saturated rings. The van der Waals surface area contributed by atoms with Crippen molar-refractivity contribution in [2.24, 2.45) is 33.8 Å². The van der Waals surface area contributed by atoms with Gasteiger partial charge in [0.2, 0.25) is 0 Å². The molecule has 0 heterocycles. The van der Waals surface area contributed by atoms with Crippen LogP contribution in [0.2, 0.25) is 0 Å². The molecular weight excluding hydrogens is 366 g/mol. The van der Waals surface area contributed by atoms with Crippen LogP contribution in [-0.2, 0) is 9.68 Å². The van der Waals surface area contributed by atoms with Crippen LogP contribution in [0.5, 0.6) is 0 Å². The zero-order chi connectivity index (χ0) is 20.7. The smallest absolute Gasteiger partial charge is 0.294 e. The summed E-state index contributed by atoms with van der Waals surface area (Å²) in [6.07, 6.45) is 7.58.